The van der Waals surface area contributed by atoms with E-state index in [2.05, 4.69) is 10.6 Å². The summed E-state index contributed by atoms with van der Waals surface area (Å²) in [6.07, 6.45) is 0. The number of likely N-dealkylation sites (N-methyl/N-ethyl adjacent to an activating group) is 1. The molecule has 0 unspecified atom stereocenters. The van der Waals surface area contributed by atoms with Gasteiger partial charge in [0.25, 0.3) is 5.91 Å². The molecule has 0 fully saturated rings. The summed E-state index contributed by atoms with van der Waals surface area (Å²) in [7, 11) is 3.50. The molecule has 0 radical (unpaired) electrons. The van der Waals surface area contributed by atoms with Crippen molar-refractivity contribution in [3.63, 3.8) is 0 Å². The van der Waals surface area contributed by atoms with Gasteiger partial charge in [0.2, 0.25) is 0 Å². The first-order valence-corrected chi connectivity index (χ1v) is 6.88. The fourth-order valence-electron chi connectivity index (χ4n) is 1.91. The van der Waals surface area contributed by atoms with Crippen LogP contribution in [-0.4, -0.2) is 30.0 Å². The Balaban J connectivity index is 2.45. The van der Waals surface area contributed by atoms with E-state index < -0.39 is 0 Å². The summed E-state index contributed by atoms with van der Waals surface area (Å²) in [5.41, 5.74) is 2.59. The van der Waals surface area contributed by atoms with E-state index in [1.165, 1.54) is 0 Å². The maximum atomic E-state index is 12.3. The van der Waals surface area contributed by atoms with Gasteiger partial charge in [-0.2, -0.15) is 11.3 Å². The maximum Gasteiger partial charge on any atom is 0.253 e. The Kier molecular flexibility index (Phi) is 3.68. The van der Waals surface area contributed by atoms with E-state index in [0.29, 0.717) is 10.7 Å². The lowest BCUT2D eigenvalue weighted by Gasteiger charge is -2.31. The Morgan fingerprint density at radius 1 is 1.50 bits per heavy atom. The lowest BCUT2D eigenvalue weighted by Crippen LogP contribution is -2.46. The van der Waals surface area contributed by atoms with Crippen molar-refractivity contribution in [3.8, 4) is 0 Å². The number of rotatable bonds is 2. The second kappa shape index (κ2) is 5.07. The highest BCUT2D eigenvalue weighted by atomic mass is 32.1. The standard InChI is InChI=1S/C12H15N3OS2/c1-7-9(11(16)15(2)3)10(14-12(17)13-7)8-4-5-18-6-8/h4-6,10H,1-3H3,(H2,13,14,17)/t10-/m1/s1. The zero-order valence-electron chi connectivity index (χ0n) is 10.5. The molecule has 1 atom stereocenters. The van der Waals surface area contributed by atoms with Crippen molar-refractivity contribution in [2.75, 3.05) is 14.1 Å². The first-order valence-electron chi connectivity index (χ1n) is 5.52. The molecular formula is C12H15N3OS2. The van der Waals surface area contributed by atoms with Gasteiger partial charge in [-0.15, -0.1) is 0 Å². The fraction of sp³-hybridized carbons (Fsp3) is 0.333. The molecule has 2 rings (SSSR count). The van der Waals surface area contributed by atoms with E-state index in [9.17, 15) is 4.79 Å². The minimum absolute atomic E-state index is 0.00815. The highest BCUT2D eigenvalue weighted by Gasteiger charge is 2.30. The van der Waals surface area contributed by atoms with E-state index in [1.807, 2.05) is 23.8 Å². The molecule has 2 heterocycles. The van der Waals surface area contributed by atoms with E-state index in [4.69, 9.17) is 12.2 Å². The molecule has 18 heavy (non-hydrogen) atoms. The molecular weight excluding hydrogens is 266 g/mol. The normalized spacial score (nSPS) is 19.3. The number of thiocarbonyl (C=S) groups is 1. The zero-order chi connectivity index (χ0) is 13.3. The number of hydrogen-bond donors (Lipinski definition) is 2. The number of carbonyl (C=O) groups is 1. The summed E-state index contributed by atoms with van der Waals surface area (Å²) in [5.74, 6) is -0.00815. The highest BCUT2D eigenvalue weighted by molar-refractivity contribution is 7.80. The average molecular weight is 281 g/mol. The van der Waals surface area contributed by atoms with Crippen LogP contribution in [0.3, 0.4) is 0 Å². The largest absolute Gasteiger partial charge is 0.351 e. The number of allylic oxidation sites excluding steroid dienone is 1. The van der Waals surface area contributed by atoms with Crippen LogP contribution in [-0.2, 0) is 4.79 Å². The van der Waals surface area contributed by atoms with Crippen molar-refractivity contribution in [1.82, 2.24) is 15.5 Å². The molecule has 6 heteroatoms. The zero-order valence-corrected chi connectivity index (χ0v) is 12.1. The third-order valence-corrected chi connectivity index (χ3v) is 3.70. The lowest BCUT2D eigenvalue weighted by molar-refractivity contribution is -0.125. The number of thiophene rings is 1. The minimum atomic E-state index is -0.167. The smallest absolute Gasteiger partial charge is 0.253 e. The number of carbonyl (C=O) groups excluding carboxylic acids is 1. The lowest BCUT2D eigenvalue weighted by atomic mass is 9.97. The third kappa shape index (κ3) is 2.39. The molecule has 1 amide bonds. The Bertz CT molecular complexity index is 505. The number of nitrogens with zero attached hydrogens (tertiary/aromatic N) is 1. The second-order valence-corrected chi connectivity index (χ2v) is 5.51. The Morgan fingerprint density at radius 3 is 2.78 bits per heavy atom. The van der Waals surface area contributed by atoms with Crippen LogP contribution in [0.5, 0.6) is 0 Å². The summed E-state index contributed by atoms with van der Waals surface area (Å²) in [6, 6.07) is 1.84. The Labute approximate surface area is 116 Å². The van der Waals surface area contributed by atoms with Crippen LogP contribution in [0.1, 0.15) is 18.5 Å². The van der Waals surface area contributed by atoms with Gasteiger partial charge in [0.05, 0.1) is 11.6 Å². The predicted octanol–water partition coefficient (Wildman–Crippen LogP) is 1.63. The van der Waals surface area contributed by atoms with Crippen LogP contribution in [0.2, 0.25) is 0 Å². The van der Waals surface area contributed by atoms with E-state index in [1.54, 1.807) is 30.3 Å². The van der Waals surface area contributed by atoms with Gasteiger partial charge in [-0.1, -0.05) is 0 Å². The van der Waals surface area contributed by atoms with Crippen LogP contribution in [0, 0.1) is 0 Å². The molecule has 0 aliphatic carbocycles. The van der Waals surface area contributed by atoms with Crippen molar-refractivity contribution >= 4 is 34.6 Å². The van der Waals surface area contributed by atoms with Crippen LogP contribution >= 0.6 is 23.6 Å². The Hall–Kier alpha value is -1.40. The molecule has 0 aromatic carbocycles. The van der Waals surface area contributed by atoms with Gasteiger partial charge in [-0.3, -0.25) is 4.79 Å². The monoisotopic (exact) mass is 281 g/mol. The van der Waals surface area contributed by atoms with Crippen molar-refractivity contribution < 1.29 is 4.79 Å². The van der Waals surface area contributed by atoms with Gasteiger partial charge in [0, 0.05) is 19.8 Å². The first kappa shape index (κ1) is 13.0. The van der Waals surface area contributed by atoms with Crippen molar-refractivity contribution in [2.24, 2.45) is 0 Å². The average Bonchev–Trinajstić information content (AvgIpc) is 2.80. The van der Waals surface area contributed by atoms with E-state index in [-0.39, 0.29) is 11.9 Å². The molecule has 0 spiro atoms. The van der Waals surface area contributed by atoms with E-state index in [0.717, 1.165) is 11.3 Å². The fourth-order valence-corrected chi connectivity index (χ4v) is 2.86. The van der Waals surface area contributed by atoms with Gasteiger partial charge in [-0.25, -0.2) is 0 Å². The summed E-state index contributed by atoms with van der Waals surface area (Å²) >= 11 is 6.77. The molecule has 2 N–H and O–H groups in total. The van der Waals surface area contributed by atoms with E-state index >= 15 is 0 Å². The van der Waals surface area contributed by atoms with Crippen molar-refractivity contribution in [1.29, 1.82) is 0 Å². The summed E-state index contributed by atoms with van der Waals surface area (Å²) in [6.45, 7) is 1.88. The minimum Gasteiger partial charge on any atom is -0.351 e. The molecule has 0 saturated carbocycles. The molecule has 1 aromatic heterocycles. The van der Waals surface area contributed by atoms with Crippen LogP contribution in [0.4, 0.5) is 0 Å². The van der Waals surface area contributed by atoms with Crippen LogP contribution in [0.15, 0.2) is 28.1 Å². The van der Waals surface area contributed by atoms with Gasteiger partial charge >= 0.3 is 0 Å². The van der Waals surface area contributed by atoms with Gasteiger partial charge < -0.3 is 15.5 Å². The second-order valence-electron chi connectivity index (χ2n) is 4.33. The highest BCUT2D eigenvalue weighted by Crippen LogP contribution is 2.28. The first-order chi connectivity index (χ1) is 8.50. The summed E-state index contributed by atoms with van der Waals surface area (Å²) in [5, 5.41) is 10.7. The SMILES string of the molecule is CC1=C(C(=O)N(C)C)[C@@H](c2ccsc2)NC(=S)N1. The third-order valence-electron chi connectivity index (χ3n) is 2.78. The number of nitrogens with one attached hydrogen (secondary N) is 2. The topological polar surface area (TPSA) is 44.4 Å². The van der Waals surface area contributed by atoms with Gasteiger partial charge in [-0.05, 0) is 41.5 Å². The predicted molar refractivity (Wildman–Crippen MR) is 77.3 cm³/mol. The molecule has 0 bridgehead atoms. The summed E-state index contributed by atoms with van der Waals surface area (Å²) < 4.78 is 0. The molecule has 96 valence electrons. The number of hydrogen-bond acceptors (Lipinski definition) is 3. The molecule has 0 saturated heterocycles. The van der Waals surface area contributed by atoms with Gasteiger partial charge in [0.1, 0.15) is 0 Å². The maximum absolute atomic E-state index is 12.3. The molecule has 4 nitrogen and oxygen atoms in total. The molecule has 1 aromatic rings. The van der Waals surface area contributed by atoms with Gasteiger partial charge in [0.15, 0.2) is 5.11 Å². The van der Waals surface area contributed by atoms with Crippen molar-refractivity contribution in [3.05, 3.63) is 33.7 Å². The Morgan fingerprint density at radius 2 is 2.22 bits per heavy atom. The summed E-state index contributed by atoms with van der Waals surface area (Å²) in [4.78, 5) is 13.8. The quantitative estimate of drug-likeness (QED) is 0.809. The van der Waals surface area contributed by atoms with Crippen LogP contribution in [0.25, 0.3) is 0 Å². The number of amides is 1. The van der Waals surface area contributed by atoms with Crippen LogP contribution < -0.4 is 10.6 Å². The molecule has 1 aliphatic rings. The van der Waals surface area contributed by atoms with Crippen molar-refractivity contribution in [2.45, 2.75) is 13.0 Å². The molecule has 1 aliphatic heterocycles.